The van der Waals surface area contributed by atoms with Crippen LogP contribution in [0.5, 0.6) is 0 Å². The topological polar surface area (TPSA) is 95.2 Å². The van der Waals surface area contributed by atoms with Crippen LogP contribution in [0.4, 0.5) is 0 Å². The molecule has 7 nitrogen and oxygen atoms in total. The predicted molar refractivity (Wildman–Crippen MR) is 121 cm³/mol. The molecule has 1 aromatic heterocycles. The van der Waals surface area contributed by atoms with Gasteiger partial charge in [0.2, 0.25) is 10.0 Å². The second-order valence-corrected chi connectivity index (χ2v) is 8.85. The van der Waals surface area contributed by atoms with Crippen molar-refractivity contribution in [1.82, 2.24) is 19.6 Å². The third kappa shape index (κ3) is 5.21. The number of benzene rings is 2. The van der Waals surface area contributed by atoms with Gasteiger partial charge in [0.05, 0.1) is 22.8 Å². The van der Waals surface area contributed by atoms with Crippen LogP contribution < -0.4 is 4.72 Å². The Bertz CT molecular complexity index is 1110. The average molecular weight is 441 g/mol. The normalized spacial score (nSPS) is 12.5. The van der Waals surface area contributed by atoms with Gasteiger partial charge in [-0.3, -0.25) is 4.79 Å². The molecule has 1 unspecified atom stereocenters. The Morgan fingerprint density at radius 2 is 1.68 bits per heavy atom. The van der Waals surface area contributed by atoms with Gasteiger partial charge >= 0.3 is 0 Å². The molecule has 1 heterocycles. The number of aromatic amines is 1. The number of nitrogens with one attached hydrogen (secondary N) is 2. The summed E-state index contributed by atoms with van der Waals surface area (Å²) in [5.74, 6) is 0.440. The Kier molecular flexibility index (Phi) is 7.25. The molecule has 1 amide bonds. The molecule has 1 atom stereocenters. The number of H-pyrrole nitrogens is 1. The molecule has 0 fully saturated rings. The van der Waals surface area contributed by atoms with Crippen molar-refractivity contribution < 1.29 is 13.2 Å². The smallest absolute Gasteiger partial charge is 0.253 e. The van der Waals surface area contributed by atoms with Crippen LogP contribution in [0, 0.1) is 0 Å². The minimum Gasteiger partial charge on any atom is -0.341 e. The molecule has 3 aromatic rings. The molecule has 3 rings (SSSR count). The van der Waals surface area contributed by atoms with E-state index in [1.54, 1.807) is 23.2 Å². The molecule has 0 radical (unpaired) electrons. The molecule has 0 spiro atoms. The molecule has 0 saturated carbocycles. The summed E-state index contributed by atoms with van der Waals surface area (Å²) in [7, 11) is -3.78. The standard InChI is InChI=1S/C23H28N4O3S/c1-4-20(22-24-16-21(25-22)17-10-8-7-9-11-17)26-31(29,30)19-14-12-18(13-15-19)23(28)27(5-2)6-3/h7-16,20,26H,4-6H2,1-3H3,(H,24,25). The minimum atomic E-state index is -3.78. The largest absolute Gasteiger partial charge is 0.341 e. The highest BCUT2D eigenvalue weighted by molar-refractivity contribution is 7.89. The van der Waals surface area contributed by atoms with Crippen molar-refractivity contribution in [2.24, 2.45) is 0 Å². The Hall–Kier alpha value is -2.97. The lowest BCUT2D eigenvalue weighted by molar-refractivity contribution is 0.0773. The number of imidazole rings is 1. The summed E-state index contributed by atoms with van der Waals surface area (Å²) in [4.78, 5) is 21.8. The Morgan fingerprint density at radius 1 is 1.03 bits per heavy atom. The van der Waals surface area contributed by atoms with Crippen LogP contribution in [-0.2, 0) is 10.0 Å². The molecule has 0 saturated heterocycles. The van der Waals surface area contributed by atoms with Gasteiger partial charge in [0.1, 0.15) is 5.82 Å². The number of carbonyl (C=O) groups excluding carboxylic acids is 1. The lowest BCUT2D eigenvalue weighted by Crippen LogP contribution is -2.31. The monoisotopic (exact) mass is 440 g/mol. The van der Waals surface area contributed by atoms with Gasteiger partial charge in [-0.15, -0.1) is 0 Å². The number of aromatic nitrogens is 2. The number of sulfonamides is 1. The summed E-state index contributed by atoms with van der Waals surface area (Å²) >= 11 is 0. The van der Waals surface area contributed by atoms with Crippen molar-refractivity contribution >= 4 is 15.9 Å². The molecule has 0 aliphatic rings. The first-order valence-electron chi connectivity index (χ1n) is 10.4. The van der Waals surface area contributed by atoms with E-state index < -0.39 is 16.1 Å². The highest BCUT2D eigenvalue weighted by Gasteiger charge is 2.23. The highest BCUT2D eigenvalue weighted by Crippen LogP contribution is 2.22. The number of nitrogens with zero attached hydrogens (tertiary/aromatic N) is 2. The first-order chi connectivity index (χ1) is 14.9. The number of carbonyl (C=O) groups is 1. The lowest BCUT2D eigenvalue weighted by atomic mass is 10.2. The van der Waals surface area contributed by atoms with E-state index in [0.29, 0.717) is 30.9 Å². The van der Waals surface area contributed by atoms with Crippen LogP contribution in [0.3, 0.4) is 0 Å². The molecule has 0 aliphatic heterocycles. The minimum absolute atomic E-state index is 0.108. The molecule has 0 bridgehead atoms. The van der Waals surface area contributed by atoms with E-state index in [1.807, 2.05) is 51.1 Å². The van der Waals surface area contributed by atoms with Crippen molar-refractivity contribution in [3.63, 3.8) is 0 Å². The second-order valence-electron chi connectivity index (χ2n) is 7.13. The molecule has 0 aliphatic carbocycles. The first kappa shape index (κ1) is 22.7. The molecular formula is C23H28N4O3S. The number of hydrogen-bond donors (Lipinski definition) is 2. The van der Waals surface area contributed by atoms with E-state index in [-0.39, 0.29) is 10.8 Å². The van der Waals surface area contributed by atoms with E-state index in [2.05, 4.69) is 14.7 Å². The van der Waals surface area contributed by atoms with Crippen LogP contribution >= 0.6 is 0 Å². The Morgan fingerprint density at radius 3 is 2.26 bits per heavy atom. The maximum absolute atomic E-state index is 12.9. The van der Waals surface area contributed by atoms with Gasteiger partial charge < -0.3 is 9.88 Å². The quantitative estimate of drug-likeness (QED) is 0.526. The van der Waals surface area contributed by atoms with Gasteiger partial charge in [-0.1, -0.05) is 37.3 Å². The van der Waals surface area contributed by atoms with E-state index in [4.69, 9.17) is 0 Å². The molecule has 2 aromatic carbocycles. The van der Waals surface area contributed by atoms with Crippen LogP contribution in [-0.4, -0.2) is 42.3 Å². The maximum Gasteiger partial charge on any atom is 0.253 e. The van der Waals surface area contributed by atoms with E-state index in [9.17, 15) is 13.2 Å². The number of hydrogen-bond acceptors (Lipinski definition) is 4. The highest BCUT2D eigenvalue weighted by atomic mass is 32.2. The Labute approximate surface area is 183 Å². The fraction of sp³-hybridized carbons (Fsp3) is 0.304. The van der Waals surface area contributed by atoms with Crippen LogP contribution in [0.25, 0.3) is 11.3 Å². The van der Waals surface area contributed by atoms with E-state index >= 15 is 0 Å². The fourth-order valence-corrected chi connectivity index (χ4v) is 4.62. The summed E-state index contributed by atoms with van der Waals surface area (Å²) in [6.07, 6.45) is 2.23. The van der Waals surface area contributed by atoms with Crippen LogP contribution in [0.15, 0.2) is 65.7 Å². The van der Waals surface area contributed by atoms with E-state index in [1.165, 1.54) is 12.1 Å². The van der Waals surface area contributed by atoms with Crippen molar-refractivity contribution in [1.29, 1.82) is 0 Å². The average Bonchev–Trinajstić information content (AvgIpc) is 3.29. The fourth-order valence-electron chi connectivity index (χ4n) is 3.34. The summed E-state index contributed by atoms with van der Waals surface area (Å²) in [6, 6.07) is 15.3. The summed E-state index contributed by atoms with van der Waals surface area (Å²) in [5.41, 5.74) is 2.27. The molecule has 164 valence electrons. The first-order valence-corrected chi connectivity index (χ1v) is 11.9. The Balaban J connectivity index is 1.77. The van der Waals surface area contributed by atoms with E-state index in [0.717, 1.165) is 11.3 Å². The molecule has 8 heteroatoms. The van der Waals surface area contributed by atoms with Crippen molar-refractivity contribution in [2.75, 3.05) is 13.1 Å². The van der Waals surface area contributed by atoms with Gasteiger partial charge in [0.25, 0.3) is 5.91 Å². The third-order valence-electron chi connectivity index (χ3n) is 5.18. The molecule has 2 N–H and O–H groups in total. The van der Waals surface area contributed by atoms with Crippen molar-refractivity contribution in [2.45, 2.75) is 38.1 Å². The zero-order valence-electron chi connectivity index (χ0n) is 18.0. The molecule has 31 heavy (non-hydrogen) atoms. The zero-order chi connectivity index (χ0) is 22.4. The summed E-state index contributed by atoms with van der Waals surface area (Å²) in [5, 5.41) is 0. The van der Waals surface area contributed by atoms with Gasteiger partial charge in [0.15, 0.2) is 0 Å². The second kappa shape index (κ2) is 9.89. The van der Waals surface area contributed by atoms with Gasteiger partial charge in [-0.25, -0.2) is 18.1 Å². The summed E-state index contributed by atoms with van der Waals surface area (Å²) < 4.78 is 28.6. The van der Waals surface area contributed by atoms with Gasteiger partial charge in [-0.2, -0.15) is 0 Å². The summed E-state index contributed by atoms with van der Waals surface area (Å²) in [6.45, 7) is 6.91. The molecular weight excluding hydrogens is 412 g/mol. The zero-order valence-corrected chi connectivity index (χ0v) is 18.8. The third-order valence-corrected chi connectivity index (χ3v) is 6.67. The van der Waals surface area contributed by atoms with Gasteiger partial charge in [0, 0.05) is 18.7 Å². The predicted octanol–water partition coefficient (Wildman–Crippen LogP) is 3.99. The van der Waals surface area contributed by atoms with Crippen LogP contribution in [0.2, 0.25) is 0 Å². The van der Waals surface area contributed by atoms with Crippen molar-refractivity contribution in [3.8, 4) is 11.3 Å². The lowest BCUT2D eigenvalue weighted by Gasteiger charge is -2.19. The van der Waals surface area contributed by atoms with Gasteiger partial charge in [-0.05, 0) is 50.1 Å². The SMILES string of the molecule is CCC(NS(=O)(=O)c1ccc(C(=O)N(CC)CC)cc1)c1ncc(-c2ccccc2)[nH]1. The van der Waals surface area contributed by atoms with Crippen molar-refractivity contribution in [3.05, 3.63) is 72.2 Å². The van der Waals surface area contributed by atoms with Crippen LogP contribution in [0.1, 0.15) is 49.4 Å². The number of rotatable bonds is 9. The number of amides is 1. The maximum atomic E-state index is 12.9.